The van der Waals surface area contributed by atoms with Gasteiger partial charge in [-0.3, -0.25) is 0 Å². The van der Waals surface area contributed by atoms with E-state index in [2.05, 4.69) is 42.6 Å². The van der Waals surface area contributed by atoms with Gasteiger partial charge in [0.25, 0.3) is 5.78 Å². The minimum Gasteiger partial charge on any atom is -0.496 e. The highest BCUT2D eigenvalue weighted by Gasteiger charge is 2.21. The molecule has 6 heteroatoms. The van der Waals surface area contributed by atoms with Gasteiger partial charge < -0.3 is 10.1 Å². The first-order valence-corrected chi connectivity index (χ1v) is 10.9. The van der Waals surface area contributed by atoms with E-state index in [0.29, 0.717) is 18.7 Å². The molecule has 0 bridgehead atoms. The van der Waals surface area contributed by atoms with Gasteiger partial charge in [-0.05, 0) is 44.2 Å². The lowest BCUT2D eigenvalue weighted by Crippen LogP contribution is -2.15. The largest absolute Gasteiger partial charge is 0.496 e. The zero-order chi connectivity index (χ0) is 21.2. The van der Waals surface area contributed by atoms with Crippen LogP contribution in [0.3, 0.4) is 0 Å². The van der Waals surface area contributed by atoms with Crippen LogP contribution < -0.4 is 10.1 Å². The molecule has 0 unspecified atom stereocenters. The number of fused-ring (bicyclic) bond motifs is 2. The van der Waals surface area contributed by atoms with Gasteiger partial charge in [-0.2, -0.15) is 9.50 Å². The molecule has 0 fully saturated rings. The van der Waals surface area contributed by atoms with Crippen LogP contribution in [0.25, 0.3) is 5.78 Å². The number of hydrogen-bond acceptors (Lipinski definition) is 5. The smallest absolute Gasteiger partial charge is 0.254 e. The van der Waals surface area contributed by atoms with Crippen molar-refractivity contribution in [1.82, 2.24) is 19.6 Å². The van der Waals surface area contributed by atoms with Crippen LogP contribution in [0.15, 0.2) is 48.5 Å². The molecule has 0 spiro atoms. The number of nitrogens with one attached hydrogen (secondary N) is 1. The van der Waals surface area contributed by atoms with Crippen molar-refractivity contribution >= 4 is 11.6 Å². The maximum absolute atomic E-state index is 5.53. The summed E-state index contributed by atoms with van der Waals surface area (Å²) in [5.74, 6) is 3.35. The Balaban J connectivity index is 1.51. The third kappa shape index (κ3) is 3.98. The Morgan fingerprint density at radius 1 is 1.00 bits per heavy atom. The molecule has 4 aromatic rings. The molecule has 2 heterocycles. The second-order valence-electron chi connectivity index (χ2n) is 8.16. The summed E-state index contributed by atoms with van der Waals surface area (Å²) < 4.78 is 7.42. The fourth-order valence-corrected chi connectivity index (χ4v) is 4.26. The highest BCUT2D eigenvalue weighted by atomic mass is 16.5. The van der Waals surface area contributed by atoms with E-state index in [1.807, 2.05) is 22.7 Å². The highest BCUT2D eigenvalue weighted by Crippen LogP contribution is 2.29. The molecule has 0 aliphatic heterocycles. The van der Waals surface area contributed by atoms with Crippen LogP contribution in [0.1, 0.15) is 46.6 Å². The fraction of sp³-hybridized carbons (Fsp3) is 0.320. The summed E-state index contributed by atoms with van der Waals surface area (Å²) in [6.07, 6.45) is 5.05. The molecule has 1 aliphatic carbocycles. The second-order valence-corrected chi connectivity index (χ2v) is 8.16. The highest BCUT2D eigenvalue weighted by molar-refractivity contribution is 5.55. The van der Waals surface area contributed by atoms with E-state index in [4.69, 9.17) is 19.8 Å². The van der Waals surface area contributed by atoms with Gasteiger partial charge in [-0.15, -0.1) is 5.10 Å². The lowest BCUT2D eigenvalue weighted by Gasteiger charge is -2.20. The Kier molecular flexibility index (Phi) is 5.28. The van der Waals surface area contributed by atoms with E-state index in [9.17, 15) is 0 Å². The van der Waals surface area contributed by atoms with Crippen LogP contribution in [0, 0.1) is 6.92 Å². The van der Waals surface area contributed by atoms with Crippen molar-refractivity contribution in [3.8, 4) is 5.75 Å². The Morgan fingerprint density at radius 3 is 2.65 bits per heavy atom. The van der Waals surface area contributed by atoms with Crippen LogP contribution in [0.4, 0.5) is 5.82 Å². The van der Waals surface area contributed by atoms with E-state index >= 15 is 0 Å². The van der Waals surface area contributed by atoms with Crippen LogP contribution in [-0.2, 0) is 25.8 Å². The molecule has 0 amide bonds. The van der Waals surface area contributed by atoms with Crippen LogP contribution in [-0.4, -0.2) is 26.7 Å². The van der Waals surface area contributed by atoms with Crippen LogP contribution in [0.2, 0.25) is 0 Å². The Morgan fingerprint density at radius 2 is 1.81 bits per heavy atom. The van der Waals surface area contributed by atoms with E-state index in [-0.39, 0.29) is 0 Å². The number of rotatable bonds is 6. The molecule has 5 rings (SSSR count). The topological polar surface area (TPSA) is 64.3 Å². The lowest BCUT2D eigenvalue weighted by molar-refractivity contribution is 0.410. The average Bonchev–Trinajstić information content (AvgIpc) is 3.20. The molecule has 0 saturated heterocycles. The van der Waals surface area contributed by atoms with Gasteiger partial charge in [-0.1, -0.05) is 48.0 Å². The monoisotopic (exact) mass is 413 g/mol. The summed E-state index contributed by atoms with van der Waals surface area (Å²) in [6, 6.07) is 16.6. The number of benzene rings is 2. The van der Waals surface area contributed by atoms with Crippen molar-refractivity contribution in [2.75, 3.05) is 12.4 Å². The Labute approximate surface area is 182 Å². The standard InChI is InChI=1S/C25H27N5O/c1-17-11-13-18(14-12-17)15-23-28-25-27-21-9-5-4-8-20(21)24(30(25)29-23)26-16-19-7-3-6-10-22(19)31-2/h3,6-7,10-14,26H,4-5,8-9,15-16H2,1-2H3. The lowest BCUT2D eigenvalue weighted by atomic mass is 9.96. The normalized spacial score (nSPS) is 13.2. The molecule has 6 nitrogen and oxygen atoms in total. The molecule has 0 atom stereocenters. The molecule has 158 valence electrons. The summed E-state index contributed by atoms with van der Waals surface area (Å²) in [5.41, 5.74) is 5.98. The quantitative estimate of drug-likeness (QED) is 0.503. The molecule has 2 aromatic carbocycles. The average molecular weight is 414 g/mol. The van der Waals surface area contributed by atoms with Crippen LogP contribution >= 0.6 is 0 Å². The number of hydrogen-bond donors (Lipinski definition) is 1. The number of anilines is 1. The van der Waals surface area contributed by atoms with Gasteiger partial charge in [0.15, 0.2) is 5.82 Å². The Bertz CT molecular complexity index is 1210. The van der Waals surface area contributed by atoms with Crippen LogP contribution in [0.5, 0.6) is 5.75 Å². The summed E-state index contributed by atoms with van der Waals surface area (Å²) in [6.45, 7) is 2.75. The zero-order valence-corrected chi connectivity index (χ0v) is 18.1. The van der Waals surface area contributed by atoms with Crippen molar-refractivity contribution in [1.29, 1.82) is 0 Å². The minimum atomic E-state index is 0.655. The molecule has 2 aromatic heterocycles. The maximum atomic E-state index is 5.53. The summed E-state index contributed by atoms with van der Waals surface area (Å²) >= 11 is 0. The SMILES string of the molecule is COc1ccccc1CNc1c2c(nc3nc(Cc4ccc(C)cc4)nn13)CCCC2. The molecule has 1 aliphatic rings. The first-order chi connectivity index (χ1) is 15.2. The number of para-hydroxylation sites is 1. The molecule has 0 saturated carbocycles. The molecular formula is C25H27N5O. The third-order valence-corrected chi connectivity index (χ3v) is 5.93. The van der Waals surface area contributed by atoms with Crippen molar-refractivity contribution in [2.24, 2.45) is 0 Å². The van der Waals surface area contributed by atoms with Gasteiger partial charge >= 0.3 is 0 Å². The summed E-state index contributed by atoms with van der Waals surface area (Å²) in [7, 11) is 1.71. The predicted octanol–water partition coefficient (Wildman–Crippen LogP) is 4.52. The van der Waals surface area contributed by atoms with Gasteiger partial charge in [0, 0.05) is 24.1 Å². The molecule has 0 radical (unpaired) electrons. The predicted molar refractivity (Wildman–Crippen MR) is 122 cm³/mol. The van der Waals surface area contributed by atoms with Crippen molar-refractivity contribution < 1.29 is 4.74 Å². The minimum absolute atomic E-state index is 0.655. The number of methoxy groups -OCH3 is 1. The molecule has 1 N–H and O–H groups in total. The van der Waals surface area contributed by atoms with E-state index in [1.165, 1.54) is 29.5 Å². The maximum Gasteiger partial charge on any atom is 0.254 e. The van der Waals surface area contributed by atoms with Gasteiger partial charge in [0.1, 0.15) is 11.6 Å². The number of ether oxygens (including phenoxy) is 1. The van der Waals surface area contributed by atoms with Gasteiger partial charge in [-0.25, -0.2) is 4.98 Å². The van der Waals surface area contributed by atoms with Gasteiger partial charge in [0.2, 0.25) is 0 Å². The van der Waals surface area contributed by atoms with Crippen molar-refractivity contribution in [3.05, 3.63) is 82.3 Å². The first-order valence-electron chi connectivity index (χ1n) is 10.9. The first kappa shape index (κ1) is 19.5. The zero-order valence-electron chi connectivity index (χ0n) is 18.1. The van der Waals surface area contributed by atoms with Gasteiger partial charge in [0.05, 0.1) is 12.8 Å². The number of aromatic nitrogens is 4. The van der Waals surface area contributed by atoms with E-state index < -0.39 is 0 Å². The van der Waals surface area contributed by atoms with E-state index in [0.717, 1.165) is 41.5 Å². The third-order valence-electron chi connectivity index (χ3n) is 5.93. The fourth-order valence-electron chi connectivity index (χ4n) is 4.26. The van der Waals surface area contributed by atoms with Crippen molar-refractivity contribution in [2.45, 2.75) is 45.6 Å². The number of aryl methyl sites for hydroxylation is 2. The van der Waals surface area contributed by atoms with E-state index in [1.54, 1.807) is 7.11 Å². The molecular weight excluding hydrogens is 386 g/mol. The Hall–Kier alpha value is -3.41. The van der Waals surface area contributed by atoms with Crippen molar-refractivity contribution in [3.63, 3.8) is 0 Å². The summed E-state index contributed by atoms with van der Waals surface area (Å²) in [4.78, 5) is 9.63. The molecule has 31 heavy (non-hydrogen) atoms. The second kappa shape index (κ2) is 8.38. The summed E-state index contributed by atoms with van der Waals surface area (Å²) in [5, 5.41) is 8.47. The number of nitrogens with zero attached hydrogens (tertiary/aromatic N) is 4.